The molecule has 8 aromatic carbocycles. The third-order valence-electron chi connectivity index (χ3n) is 10.7. The van der Waals surface area contributed by atoms with Crippen LogP contribution in [0.3, 0.4) is 0 Å². The fourth-order valence-corrected chi connectivity index (χ4v) is 8.34. The number of hydrogen-bond donors (Lipinski definition) is 0. The van der Waals surface area contributed by atoms with Crippen molar-refractivity contribution in [3.8, 4) is 33.4 Å². The predicted molar refractivity (Wildman–Crippen MR) is 214 cm³/mol. The predicted octanol–water partition coefficient (Wildman–Crippen LogP) is 13.5. The molecule has 0 N–H and O–H groups in total. The van der Waals surface area contributed by atoms with Crippen LogP contribution in [0.2, 0.25) is 0 Å². The molecule has 0 radical (unpaired) electrons. The van der Waals surface area contributed by atoms with Crippen LogP contribution in [0.15, 0.2) is 170 Å². The van der Waals surface area contributed by atoms with E-state index in [1.807, 2.05) is 0 Å². The molecule has 0 bridgehead atoms. The zero-order chi connectivity index (χ0) is 33.8. The van der Waals surface area contributed by atoms with Gasteiger partial charge in [-0.1, -0.05) is 189 Å². The first-order chi connectivity index (χ1) is 24.5. The fourth-order valence-electron chi connectivity index (χ4n) is 8.34. The van der Waals surface area contributed by atoms with Gasteiger partial charge < -0.3 is 0 Å². The molecule has 0 atom stereocenters. The van der Waals surface area contributed by atoms with Crippen LogP contribution in [0.4, 0.5) is 0 Å². The standard InChI is InChI=1S/C50H38/c1-33-25-30-40-44(31-33)48(42-22-14-24-46-49(42)41-21-12-13-23-45(41)50(46,2)3)39-20-11-10-19-38(39)47(40)37-28-26-34(27-29-37)32-43(35-15-6-4-7-16-35)36-17-8-5-9-18-36/h4-32H,1-3H3. The van der Waals surface area contributed by atoms with Gasteiger partial charge in [0.05, 0.1) is 0 Å². The maximum Gasteiger partial charge on any atom is 0.0159 e. The third kappa shape index (κ3) is 4.83. The summed E-state index contributed by atoms with van der Waals surface area (Å²) in [6.07, 6.45) is 2.31. The van der Waals surface area contributed by atoms with Crippen molar-refractivity contribution < 1.29 is 0 Å². The average molecular weight is 639 g/mol. The second-order valence-corrected chi connectivity index (χ2v) is 14.2. The lowest BCUT2D eigenvalue weighted by molar-refractivity contribution is 0.660. The van der Waals surface area contributed by atoms with E-state index < -0.39 is 0 Å². The Kier molecular flexibility index (Phi) is 7.14. The molecule has 0 amide bonds. The van der Waals surface area contributed by atoms with Crippen molar-refractivity contribution in [2.75, 3.05) is 0 Å². The first kappa shape index (κ1) is 30.1. The summed E-state index contributed by atoms with van der Waals surface area (Å²) < 4.78 is 0. The largest absolute Gasteiger partial charge is 0.0622 e. The molecule has 50 heavy (non-hydrogen) atoms. The molecule has 1 aliphatic rings. The highest BCUT2D eigenvalue weighted by atomic mass is 14.4. The first-order valence-corrected chi connectivity index (χ1v) is 17.6. The van der Waals surface area contributed by atoms with Crippen molar-refractivity contribution in [3.05, 3.63) is 203 Å². The molecule has 9 rings (SSSR count). The maximum atomic E-state index is 2.40. The van der Waals surface area contributed by atoms with E-state index in [1.54, 1.807) is 0 Å². The van der Waals surface area contributed by atoms with Crippen LogP contribution in [0.1, 0.15) is 47.2 Å². The molecule has 238 valence electrons. The van der Waals surface area contributed by atoms with Gasteiger partial charge in [-0.15, -0.1) is 0 Å². The summed E-state index contributed by atoms with van der Waals surface area (Å²) in [7, 11) is 0. The van der Waals surface area contributed by atoms with E-state index in [0.29, 0.717) is 0 Å². The molecular formula is C50H38. The number of aryl methyl sites for hydroxylation is 1. The van der Waals surface area contributed by atoms with Crippen LogP contribution in [-0.4, -0.2) is 0 Å². The molecular weight excluding hydrogens is 601 g/mol. The number of hydrogen-bond acceptors (Lipinski definition) is 0. The lowest BCUT2D eigenvalue weighted by atomic mass is 9.80. The van der Waals surface area contributed by atoms with Crippen LogP contribution >= 0.6 is 0 Å². The summed E-state index contributed by atoms with van der Waals surface area (Å²) in [6, 6.07) is 62.5. The number of benzene rings is 8. The van der Waals surface area contributed by atoms with E-state index >= 15 is 0 Å². The molecule has 8 aromatic rings. The van der Waals surface area contributed by atoms with Gasteiger partial charge in [-0.05, 0) is 101 Å². The Balaban J connectivity index is 1.26. The van der Waals surface area contributed by atoms with Gasteiger partial charge in [0.25, 0.3) is 0 Å². The zero-order valence-corrected chi connectivity index (χ0v) is 28.7. The van der Waals surface area contributed by atoms with E-state index in [9.17, 15) is 0 Å². The monoisotopic (exact) mass is 638 g/mol. The molecule has 0 saturated carbocycles. The van der Waals surface area contributed by atoms with Crippen molar-refractivity contribution in [3.63, 3.8) is 0 Å². The van der Waals surface area contributed by atoms with Crippen LogP contribution in [-0.2, 0) is 5.41 Å². The maximum absolute atomic E-state index is 2.40. The minimum Gasteiger partial charge on any atom is -0.0622 e. The molecule has 0 heterocycles. The van der Waals surface area contributed by atoms with Crippen LogP contribution < -0.4 is 0 Å². The normalized spacial score (nSPS) is 12.9. The summed E-state index contributed by atoms with van der Waals surface area (Å²) in [4.78, 5) is 0. The van der Waals surface area contributed by atoms with Crippen LogP contribution in [0.5, 0.6) is 0 Å². The molecule has 0 heteroatoms. The van der Waals surface area contributed by atoms with Crippen LogP contribution in [0.25, 0.3) is 66.6 Å². The molecule has 0 saturated heterocycles. The van der Waals surface area contributed by atoms with E-state index in [4.69, 9.17) is 0 Å². The van der Waals surface area contributed by atoms with Crippen LogP contribution in [0, 0.1) is 6.92 Å². The Bertz CT molecular complexity index is 2540. The molecule has 0 unspecified atom stereocenters. The van der Waals surface area contributed by atoms with Crippen molar-refractivity contribution in [2.24, 2.45) is 0 Å². The quantitative estimate of drug-likeness (QED) is 0.130. The van der Waals surface area contributed by atoms with Crippen molar-refractivity contribution in [1.29, 1.82) is 0 Å². The van der Waals surface area contributed by atoms with Crippen molar-refractivity contribution in [1.82, 2.24) is 0 Å². The van der Waals surface area contributed by atoms with E-state index in [1.165, 1.54) is 93.9 Å². The van der Waals surface area contributed by atoms with E-state index in [-0.39, 0.29) is 5.41 Å². The summed E-state index contributed by atoms with van der Waals surface area (Å²) >= 11 is 0. The Morgan fingerprint density at radius 3 is 1.70 bits per heavy atom. The molecule has 0 spiro atoms. The minimum atomic E-state index is -0.0551. The van der Waals surface area contributed by atoms with E-state index in [2.05, 4.69) is 197 Å². The van der Waals surface area contributed by atoms with Gasteiger partial charge in [0.2, 0.25) is 0 Å². The van der Waals surface area contributed by atoms with Gasteiger partial charge in [0.1, 0.15) is 0 Å². The van der Waals surface area contributed by atoms with Gasteiger partial charge in [0.15, 0.2) is 0 Å². The van der Waals surface area contributed by atoms with Gasteiger partial charge in [-0.3, -0.25) is 0 Å². The lowest BCUT2D eigenvalue weighted by Crippen LogP contribution is -2.14. The Morgan fingerprint density at radius 1 is 0.440 bits per heavy atom. The van der Waals surface area contributed by atoms with Crippen molar-refractivity contribution >= 4 is 33.2 Å². The number of rotatable bonds is 5. The highest BCUT2D eigenvalue weighted by Gasteiger charge is 2.37. The highest BCUT2D eigenvalue weighted by molar-refractivity contribution is 6.23. The Hall–Kier alpha value is -5.98. The number of fused-ring (bicyclic) bond motifs is 5. The molecule has 0 fully saturated rings. The third-order valence-corrected chi connectivity index (χ3v) is 10.7. The highest BCUT2D eigenvalue weighted by Crippen LogP contribution is 2.54. The van der Waals surface area contributed by atoms with Gasteiger partial charge in [0, 0.05) is 5.41 Å². The lowest BCUT2D eigenvalue weighted by Gasteiger charge is -2.23. The second-order valence-electron chi connectivity index (χ2n) is 14.2. The Morgan fingerprint density at radius 2 is 1.00 bits per heavy atom. The van der Waals surface area contributed by atoms with Crippen molar-refractivity contribution in [2.45, 2.75) is 26.2 Å². The zero-order valence-electron chi connectivity index (χ0n) is 28.7. The van der Waals surface area contributed by atoms with Gasteiger partial charge in [-0.25, -0.2) is 0 Å². The van der Waals surface area contributed by atoms with Gasteiger partial charge in [-0.2, -0.15) is 0 Å². The van der Waals surface area contributed by atoms with Gasteiger partial charge >= 0.3 is 0 Å². The molecule has 1 aliphatic carbocycles. The fraction of sp³-hybridized carbons (Fsp3) is 0.0800. The second kappa shape index (κ2) is 11.9. The average Bonchev–Trinajstić information content (AvgIpc) is 3.40. The smallest absolute Gasteiger partial charge is 0.0159 e. The Labute approximate surface area is 295 Å². The van der Waals surface area contributed by atoms with E-state index in [0.717, 1.165) is 0 Å². The topological polar surface area (TPSA) is 0 Å². The minimum absolute atomic E-state index is 0.0551. The summed E-state index contributed by atoms with van der Waals surface area (Å²) in [5.74, 6) is 0. The first-order valence-electron chi connectivity index (χ1n) is 17.6. The molecule has 0 aromatic heterocycles. The molecule has 0 nitrogen and oxygen atoms in total. The summed E-state index contributed by atoms with van der Waals surface area (Å²) in [5.41, 5.74) is 16.7. The summed E-state index contributed by atoms with van der Waals surface area (Å²) in [6.45, 7) is 6.95. The molecule has 0 aliphatic heterocycles. The SMILES string of the molecule is Cc1ccc2c(-c3ccc(C=C(c4ccccc4)c4ccccc4)cc3)c3ccccc3c(-c3cccc4c3-c3ccccc3C4(C)C)c2c1. The summed E-state index contributed by atoms with van der Waals surface area (Å²) in [5, 5.41) is 5.15.